The molecule has 1 fully saturated rings. The number of hydrogen-bond acceptors (Lipinski definition) is 3. The minimum Gasteiger partial charge on any atom is -0.364 e. The van der Waals surface area contributed by atoms with Crippen molar-refractivity contribution in [3.63, 3.8) is 0 Å². The Kier molecular flexibility index (Phi) is 6.20. The number of nitrogens with one attached hydrogen (secondary N) is 2. The Bertz CT molecular complexity index is 644. The average Bonchev–Trinajstić information content (AvgIpc) is 3.29. The molecule has 2 atom stereocenters. The highest BCUT2D eigenvalue weighted by atomic mass is 15.3. The highest BCUT2D eigenvalue weighted by Crippen LogP contribution is 2.19. The zero-order valence-corrected chi connectivity index (χ0v) is 16.6. The van der Waals surface area contributed by atoms with Gasteiger partial charge < -0.3 is 15.5 Å². The molecule has 2 N–H and O–H groups in total. The second-order valence-corrected chi connectivity index (χ2v) is 7.75. The number of rotatable bonds is 5. The van der Waals surface area contributed by atoms with Crippen LogP contribution in [0, 0.1) is 5.92 Å². The zero-order chi connectivity index (χ0) is 18.5. The van der Waals surface area contributed by atoms with Gasteiger partial charge in [-0.05, 0) is 37.5 Å². The summed E-state index contributed by atoms with van der Waals surface area (Å²) in [6.07, 6.45) is 4.44. The molecule has 142 valence electrons. The molecule has 3 rings (SSSR count). The summed E-state index contributed by atoms with van der Waals surface area (Å²) in [5, 5.41) is 7.10. The van der Waals surface area contributed by atoms with Crippen molar-refractivity contribution in [2.75, 3.05) is 38.1 Å². The van der Waals surface area contributed by atoms with Crippen molar-refractivity contribution in [3.05, 3.63) is 42.0 Å². The Morgan fingerprint density at radius 3 is 2.65 bits per heavy atom. The fraction of sp³-hybridized carbons (Fsp3) is 0.571. The fourth-order valence-corrected chi connectivity index (χ4v) is 3.72. The van der Waals surface area contributed by atoms with Crippen molar-refractivity contribution in [2.24, 2.45) is 10.9 Å². The molecule has 2 heterocycles. The van der Waals surface area contributed by atoms with Gasteiger partial charge in [0.05, 0.1) is 0 Å². The molecule has 1 aromatic rings. The molecule has 1 aromatic carbocycles. The Hall–Kier alpha value is -2.01. The highest BCUT2D eigenvalue weighted by molar-refractivity contribution is 5.80. The Balaban J connectivity index is 1.54. The van der Waals surface area contributed by atoms with Gasteiger partial charge in [0.25, 0.3) is 0 Å². The molecule has 0 radical (unpaired) electrons. The van der Waals surface area contributed by atoms with Gasteiger partial charge in [-0.15, -0.1) is 0 Å². The van der Waals surface area contributed by atoms with Gasteiger partial charge in [0, 0.05) is 57.5 Å². The van der Waals surface area contributed by atoms with E-state index in [0.29, 0.717) is 18.0 Å². The van der Waals surface area contributed by atoms with Crippen molar-refractivity contribution in [1.29, 1.82) is 0 Å². The first kappa shape index (κ1) is 18.8. The number of aliphatic imine (C=N–C) groups is 1. The molecule has 2 unspecified atom stereocenters. The Morgan fingerprint density at radius 1 is 1.23 bits per heavy atom. The maximum Gasteiger partial charge on any atom is 0.191 e. The maximum absolute atomic E-state index is 4.43. The Labute approximate surface area is 158 Å². The topological polar surface area (TPSA) is 42.9 Å². The van der Waals surface area contributed by atoms with Gasteiger partial charge in [-0.25, -0.2) is 0 Å². The summed E-state index contributed by atoms with van der Waals surface area (Å²) < 4.78 is 0. The van der Waals surface area contributed by atoms with Crippen LogP contribution in [0.4, 0.5) is 5.69 Å². The summed E-state index contributed by atoms with van der Waals surface area (Å²) in [6, 6.07) is 9.82. The summed E-state index contributed by atoms with van der Waals surface area (Å²) in [5.74, 6) is 1.52. The van der Waals surface area contributed by atoms with Crippen LogP contribution in [0.3, 0.4) is 0 Å². The van der Waals surface area contributed by atoms with Crippen molar-refractivity contribution >= 4 is 11.6 Å². The summed E-state index contributed by atoms with van der Waals surface area (Å²) in [7, 11) is 1.85. The summed E-state index contributed by atoms with van der Waals surface area (Å²) in [6.45, 7) is 11.9. The van der Waals surface area contributed by atoms with Crippen LogP contribution in [0.1, 0.15) is 26.3 Å². The van der Waals surface area contributed by atoms with Gasteiger partial charge in [-0.1, -0.05) is 31.2 Å². The van der Waals surface area contributed by atoms with Crippen LogP contribution >= 0.6 is 0 Å². The predicted octanol–water partition coefficient (Wildman–Crippen LogP) is 2.46. The SMILES string of the molecule is CN=C(NCc1cccc(N2CC=CC2)c1)NC1CN(C(C)C)CC1C. The first-order chi connectivity index (χ1) is 12.6. The lowest BCUT2D eigenvalue weighted by Gasteiger charge is -2.22. The van der Waals surface area contributed by atoms with Crippen molar-refractivity contribution in [3.8, 4) is 0 Å². The number of benzene rings is 1. The first-order valence-electron chi connectivity index (χ1n) is 9.77. The van der Waals surface area contributed by atoms with Crippen LogP contribution < -0.4 is 15.5 Å². The van der Waals surface area contributed by atoms with Gasteiger partial charge >= 0.3 is 0 Å². The molecule has 0 saturated carbocycles. The van der Waals surface area contributed by atoms with Crippen LogP contribution in [0.2, 0.25) is 0 Å². The zero-order valence-electron chi connectivity index (χ0n) is 16.6. The van der Waals surface area contributed by atoms with Crippen LogP contribution in [0.25, 0.3) is 0 Å². The molecule has 2 aliphatic heterocycles. The van der Waals surface area contributed by atoms with Gasteiger partial charge in [0.2, 0.25) is 0 Å². The first-order valence-corrected chi connectivity index (χ1v) is 9.77. The van der Waals surface area contributed by atoms with Gasteiger partial charge in [0.15, 0.2) is 5.96 Å². The predicted molar refractivity (Wildman–Crippen MR) is 111 cm³/mol. The van der Waals surface area contributed by atoms with E-state index in [4.69, 9.17) is 0 Å². The largest absolute Gasteiger partial charge is 0.364 e. The second-order valence-electron chi connectivity index (χ2n) is 7.75. The van der Waals surface area contributed by atoms with Gasteiger partial charge in [0.1, 0.15) is 0 Å². The monoisotopic (exact) mass is 355 g/mol. The van der Waals surface area contributed by atoms with E-state index in [2.05, 4.69) is 82.6 Å². The Morgan fingerprint density at radius 2 is 2.00 bits per heavy atom. The van der Waals surface area contributed by atoms with Crippen LogP contribution in [0.5, 0.6) is 0 Å². The minimum absolute atomic E-state index is 0.450. The highest BCUT2D eigenvalue weighted by Gasteiger charge is 2.31. The van der Waals surface area contributed by atoms with Crippen molar-refractivity contribution < 1.29 is 0 Å². The molecular formula is C21H33N5. The lowest BCUT2D eigenvalue weighted by Crippen LogP contribution is -2.46. The lowest BCUT2D eigenvalue weighted by molar-refractivity contribution is 0.265. The van der Waals surface area contributed by atoms with Crippen LogP contribution in [-0.4, -0.2) is 56.2 Å². The van der Waals surface area contributed by atoms with E-state index >= 15 is 0 Å². The smallest absolute Gasteiger partial charge is 0.191 e. The lowest BCUT2D eigenvalue weighted by atomic mass is 10.1. The molecule has 5 nitrogen and oxygen atoms in total. The molecule has 5 heteroatoms. The molecule has 0 bridgehead atoms. The normalized spacial score (nSPS) is 23.9. The van der Waals surface area contributed by atoms with Crippen molar-refractivity contribution in [1.82, 2.24) is 15.5 Å². The van der Waals surface area contributed by atoms with Crippen LogP contribution in [0.15, 0.2) is 41.4 Å². The van der Waals surface area contributed by atoms with E-state index in [-0.39, 0.29) is 0 Å². The molecular weight excluding hydrogens is 322 g/mol. The van der Waals surface area contributed by atoms with E-state index in [9.17, 15) is 0 Å². The molecule has 0 aromatic heterocycles. The average molecular weight is 356 g/mol. The number of hydrogen-bond donors (Lipinski definition) is 2. The van der Waals surface area contributed by atoms with E-state index in [0.717, 1.165) is 38.7 Å². The summed E-state index contributed by atoms with van der Waals surface area (Å²) >= 11 is 0. The summed E-state index contributed by atoms with van der Waals surface area (Å²) in [4.78, 5) is 9.33. The number of anilines is 1. The van der Waals surface area contributed by atoms with Gasteiger partial charge in [-0.2, -0.15) is 0 Å². The quantitative estimate of drug-likeness (QED) is 0.484. The molecule has 1 saturated heterocycles. The van der Waals surface area contributed by atoms with E-state index < -0.39 is 0 Å². The molecule has 26 heavy (non-hydrogen) atoms. The van der Waals surface area contributed by atoms with Crippen LogP contribution in [-0.2, 0) is 6.54 Å². The van der Waals surface area contributed by atoms with Crippen molar-refractivity contribution in [2.45, 2.75) is 39.4 Å². The van der Waals surface area contributed by atoms with E-state index in [1.165, 1.54) is 11.3 Å². The third-order valence-electron chi connectivity index (χ3n) is 5.47. The molecule has 0 amide bonds. The van der Waals surface area contributed by atoms with Gasteiger partial charge in [-0.3, -0.25) is 9.89 Å². The minimum atomic E-state index is 0.450. The fourth-order valence-electron chi connectivity index (χ4n) is 3.72. The number of likely N-dealkylation sites (tertiary alicyclic amines) is 1. The summed E-state index contributed by atoms with van der Waals surface area (Å²) in [5.41, 5.74) is 2.56. The maximum atomic E-state index is 4.43. The standard InChI is InChI=1S/C21H33N5/c1-16(2)26-14-17(3)20(15-26)24-21(22-4)23-13-18-8-7-9-19(12-18)25-10-5-6-11-25/h5-9,12,16-17,20H,10-11,13-15H2,1-4H3,(H2,22,23,24). The third-order valence-corrected chi connectivity index (χ3v) is 5.47. The van der Waals surface area contributed by atoms with E-state index in [1.54, 1.807) is 0 Å². The van der Waals surface area contributed by atoms with E-state index in [1.807, 2.05) is 7.05 Å². The molecule has 0 spiro atoms. The number of nitrogens with zero attached hydrogens (tertiary/aromatic N) is 3. The molecule has 2 aliphatic rings. The number of guanidine groups is 1. The second kappa shape index (κ2) is 8.58. The molecule has 0 aliphatic carbocycles. The third kappa shape index (κ3) is 4.58.